The first-order valence-electron chi connectivity index (χ1n) is 11.3. The number of nitrogens with two attached hydrogens (primary N) is 1. The SMILES string of the molecule is Cn1c(=O)n(CCN2CCN(c3ccc(O)cc3)CC2)c2nc(N)n3nc(-c4nccs4)nc3c21. The molecule has 5 heterocycles. The molecule has 1 saturated heterocycles. The van der Waals surface area contributed by atoms with Crippen molar-refractivity contribution in [2.45, 2.75) is 6.54 Å². The summed E-state index contributed by atoms with van der Waals surface area (Å²) in [6.45, 7) is 4.71. The maximum absolute atomic E-state index is 13.1. The smallest absolute Gasteiger partial charge is 0.330 e. The quantitative estimate of drug-likeness (QED) is 0.368. The average Bonchev–Trinajstić information content (AvgIpc) is 3.59. The van der Waals surface area contributed by atoms with Crippen molar-refractivity contribution >= 4 is 39.8 Å². The molecule has 0 spiro atoms. The number of nitrogens with zero attached hydrogens (tertiary/aromatic N) is 9. The van der Waals surface area contributed by atoms with Crippen LogP contribution in [0.15, 0.2) is 40.6 Å². The molecule has 1 aromatic carbocycles. The molecule has 0 atom stereocenters. The Hall–Kier alpha value is -3.97. The van der Waals surface area contributed by atoms with Crippen LogP contribution >= 0.6 is 11.3 Å². The summed E-state index contributed by atoms with van der Waals surface area (Å²) in [5.41, 5.74) is 8.73. The topological polar surface area (TPSA) is 136 Å². The number of hydrogen-bond acceptors (Lipinski definition) is 10. The maximum atomic E-state index is 13.1. The van der Waals surface area contributed by atoms with E-state index in [0.717, 1.165) is 31.9 Å². The molecule has 5 aromatic rings. The zero-order valence-electron chi connectivity index (χ0n) is 19.1. The zero-order valence-corrected chi connectivity index (χ0v) is 19.9. The van der Waals surface area contributed by atoms with Crippen molar-refractivity contribution in [1.82, 2.24) is 38.6 Å². The molecule has 0 saturated carbocycles. The number of thiazole rings is 1. The largest absolute Gasteiger partial charge is 0.508 e. The van der Waals surface area contributed by atoms with Gasteiger partial charge in [0.15, 0.2) is 16.3 Å². The third kappa shape index (κ3) is 3.68. The van der Waals surface area contributed by atoms with Gasteiger partial charge in [-0.25, -0.2) is 14.8 Å². The highest BCUT2D eigenvalue weighted by atomic mass is 32.1. The number of aromatic nitrogens is 7. The number of phenolic OH excluding ortho intramolecular Hbond substituents is 1. The summed E-state index contributed by atoms with van der Waals surface area (Å²) in [5.74, 6) is 0.891. The van der Waals surface area contributed by atoms with Crippen LogP contribution in [0.3, 0.4) is 0 Å². The van der Waals surface area contributed by atoms with Crippen LogP contribution in [0.2, 0.25) is 0 Å². The Morgan fingerprint density at radius 2 is 1.83 bits per heavy atom. The van der Waals surface area contributed by atoms with Crippen molar-refractivity contribution in [3.63, 3.8) is 0 Å². The van der Waals surface area contributed by atoms with Crippen LogP contribution in [-0.4, -0.2) is 76.4 Å². The van der Waals surface area contributed by atoms with Crippen LogP contribution in [0.5, 0.6) is 5.75 Å². The van der Waals surface area contributed by atoms with Crippen LogP contribution in [-0.2, 0) is 13.6 Å². The number of aryl methyl sites for hydroxylation is 1. The summed E-state index contributed by atoms with van der Waals surface area (Å²) >= 11 is 1.43. The lowest BCUT2D eigenvalue weighted by molar-refractivity contribution is 0.248. The first-order chi connectivity index (χ1) is 17.0. The number of anilines is 2. The van der Waals surface area contributed by atoms with Crippen molar-refractivity contribution in [1.29, 1.82) is 0 Å². The number of imidazole rings is 1. The highest BCUT2D eigenvalue weighted by molar-refractivity contribution is 7.13. The van der Waals surface area contributed by atoms with E-state index in [1.165, 1.54) is 15.9 Å². The minimum absolute atomic E-state index is 0.165. The summed E-state index contributed by atoms with van der Waals surface area (Å²) in [6.07, 6.45) is 1.69. The predicted molar refractivity (Wildman–Crippen MR) is 134 cm³/mol. The van der Waals surface area contributed by atoms with Crippen molar-refractivity contribution in [2.75, 3.05) is 43.4 Å². The molecule has 13 heteroatoms. The Bertz CT molecular complexity index is 1560. The summed E-state index contributed by atoms with van der Waals surface area (Å²) in [6, 6.07) is 7.28. The van der Waals surface area contributed by atoms with Crippen molar-refractivity contribution in [3.8, 4) is 16.6 Å². The van der Waals surface area contributed by atoms with Gasteiger partial charge in [-0.15, -0.1) is 16.4 Å². The highest BCUT2D eigenvalue weighted by Crippen LogP contribution is 2.24. The Balaban J connectivity index is 1.24. The molecule has 0 aliphatic carbocycles. The Morgan fingerprint density at radius 1 is 1.06 bits per heavy atom. The second-order valence-electron chi connectivity index (χ2n) is 8.49. The van der Waals surface area contributed by atoms with Crippen molar-refractivity contribution in [2.24, 2.45) is 7.05 Å². The lowest BCUT2D eigenvalue weighted by atomic mass is 10.2. The van der Waals surface area contributed by atoms with Gasteiger partial charge in [-0.05, 0) is 24.3 Å². The van der Waals surface area contributed by atoms with E-state index in [0.29, 0.717) is 40.7 Å². The molecule has 1 aliphatic rings. The van der Waals surface area contributed by atoms with Crippen LogP contribution in [0, 0.1) is 0 Å². The van der Waals surface area contributed by atoms with E-state index < -0.39 is 0 Å². The van der Waals surface area contributed by atoms with Gasteiger partial charge in [-0.3, -0.25) is 14.0 Å². The van der Waals surface area contributed by atoms with Gasteiger partial charge in [0.2, 0.25) is 11.8 Å². The zero-order chi connectivity index (χ0) is 24.1. The molecule has 4 aromatic heterocycles. The van der Waals surface area contributed by atoms with Gasteiger partial charge >= 0.3 is 5.69 Å². The summed E-state index contributed by atoms with van der Waals surface area (Å²) < 4.78 is 4.68. The third-order valence-electron chi connectivity index (χ3n) is 6.43. The van der Waals surface area contributed by atoms with Gasteiger partial charge in [0.05, 0.1) is 0 Å². The van der Waals surface area contributed by atoms with Gasteiger partial charge in [0.1, 0.15) is 11.3 Å². The monoisotopic (exact) mass is 492 g/mol. The Kier molecular flexibility index (Phi) is 5.15. The minimum Gasteiger partial charge on any atom is -0.508 e. The molecule has 1 fully saturated rings. The number of phenols is 1. The van der Waals surface area contributed by atoms with E-state index >= 15 is 0 Å². The van der Waals surface area contributed by atoms with E-state index in [1.807, 2.05) is 17.5 Å². The molecule has 1 aliphatic heterocycles. The highest BCUT2D eigenvalue weighted by Gasteiger charge is 2.23. The lowest BCUT2D eigenvalue weighted by Gasteiger charge is -2.36. The minimum atomic E-state index is -0.165. The summed E-state index contributed by atoms with van der Waals surface area (Å²) in [5, 5.41) is 16.5. The Morgan fingerprint density at radius 3 is 2.54 bits per heavy atom. The fraction of sp³-hybridized carbons (Fsp3) is 0.318. The number of piperazine rings is 1. The van der Waals surface area contributed by atoms with E-state index in [4.69, 9.17) is 5.73 Å². The second kappa shape index (κ2) is 8.36. The van der Waals surface area contributed by atoms with Crippen LogP contribution < -0.4 is 16.3 Å². The van der Waals surface area contributed by atoms with Gasteiger partial charge in [-0.2, -0.15) is 9.50 Å². The number of aromatic hydroxyl groups is 1. The van der Waals surface area contributed by atoms with Gasteiger partial charge in [0, 0.05) is 63.6 Å². The van der Waals surface area contributed by atoms with Crippen LogP contribution in [0.25, 0.3) is 27.6 Å². The fourth-order valence-electron chi connectivity index (χ4n) is 4.55. The van der Waals surface area contributed by atoms with E-state index in [9.17, 15) is 9.90 Å². The third-order valence-corrected chi connectivity index (χ3v) is 7.20. The van der Waals surface area contributed by atoms with E-state index in [2.05, 4.69) is 29.9 Å². The molecular weight excluding hydrogens is 468 g/mol. The molecule has 0 radical (unpaired) electrons. The van der Waals surface area contributed by atoms with E-state index in [-0.39, 0.29) is 17.4 Å². The maximum Gasteiger partial charge on any atom is 0.330 e. The Labute approximate surface area is 203 Å². The van der Waals surface area contributed by atoms with Crippen molar-refractivity contribution < 1.29 is 5.11 Å². The fourth-order valence-corrected chi connectivity index (χ4v) is 5.11. The first kappa shape index (κ1) is 21.6. The molecule has 0 amide bonds. The standard InChI is InChI=1S/C22H24N10O2S/c1-28-16-18(26-21(23)32-19(16)25-17(27-32)20-24-6-13-35-20)31(22(28)34)12-9-29-7-10-30(11-8-29)14-2-4-15(33)5-3-14/h2-6,13,33H,7-12H2,1H3,(H2,23,26). The van der Waals surface area contributed by atoms with Crippen LogP contribution in [0.4, 0.5) is 11.6 Å². The van der Waals surface area contributed by atoms with Gasteiger partial charge in [0.25, 0.3) is 0 Å². The lowest BCUT2D eigenvalue weighted by Crippen LogP contribution is -2.47. The molecule has 3 N–H and O–H groups in total. The number of hydrogen-bond donors (Lipinski definition) is 2. The second-order valence-corrected chi connectivity index (χ2v) is 9.38. The number of benzene rings is 1. The number of nitrogen functional groups attached to an aromatic ring is 1. The number of fused-ring (bicyclic) bond motifs is 3. The molecular formula is C22H24N10O2S. The van der Waals surface area contributed by atoms with Gasteiger partial charge in [-0.1, -0.05) is 0 Å². The first-order valence-corrected chi connectivity index (χ1v) is 12.2. The van der Waals surface area contributed by atoms with Crippen molar-refractivity contribution in [3.05, 3.63) is 46.3 Å². The molecule has 6 rings (SSSR count). The van der Waals surface area contributed by atoms with Crippen LogP contribution in [0.1, 0.15) is 0 Å². The molecule has 0 unspecified atom stereocenters. The summed E-state index contributed by atoms with van der Waals surface area (Å²) in [4.78, 5) is 31.2. The summed E-state index contributed by atoms with van der Waals surface area (Å²) in [7, 11) is 1.72. The predicted octanol–water partition coefficient (Wildman–Crippen LogP) is 1.01. The molecule has 12 nitrogen and oxygen atoms in total. The average molecular weight is 493 g/mol. The molecule has 35 heavy (non-hydrogen) atoms. The molecule has 0 bridgehead atoms. The van der Waals surface area contributed by atoms with Gasteiger partial charge < -0.3 is 15.7 Å². The molecule has 180 valence electrons. The normalized spacial score (nSPS) is 14.9. The number of rotatable bonds is 5. The van der Waals surface area contributed by atoms with E-state index in [1.54, 1.807) is 34.5 Å².